The molecule has 34 heavy (non-hydrogen) atoms. The molecule has 0 saturated carbocycles. The van der Waals surface area contributed by atoms with E-state index in [-0.39, 0.29) is 0 Å². The Morgan fingerprint density at radius 3 is 2.12 bits per heavy atom. The molecule has 1 unspecified atom stereocenters. The van der Waals surface area contributed by atoms with E-state index in [1.807, 2.05) is 11.8 Å². The predicted molar refractivity (Wildman–Crippen MR) is 158 cm³/mol. The smallest absolute Gasteiger partial charge is 0.0671 e. The van der Waals surface area contributed by atoms with E-state index in [0.29, 0.717) is 5.37 Å². The molecule has 1 N–H and O–H groups in total. The first-order chi connectivity index (χ1) is 16.7. The molecule has 1 fully saturated rings. The maximum Gasteiger partial charge on any atom is 0.0671 e. The second-order valence-electron chi connectivity index (χ2n) is 9.33. The minimum atomic E-state index is 0.448. The third kappa shape index (κ3) is 14.3. The standard InChI is InChI=1S/C28H46N2OS3/c1-2-3-4-5-6-12-17-26(32)27(33)18-13-7-8-14-19-28(29-30-20-22-31-23-21-30)34-24-25-15-10-9-11-16-25/h9-11,15-16,28-29H,2-8,12-14,17-24H2,1H3. The third-order valence-electron chi connectivity index (χ3n) is 6.32. The van der Waals surface area contributed by atoms with Gasteiger partial charge in [-0.05, 0) is 37.7 Å². The highest BCUT2D eigenvalue weighted by Gasteiger charge is 2.16. The van der Waals surface area contributed by atoms with Gasteiger partial charge < -0.3 is 4.74 Å². The summed E-state index contributed by atoms with van der Waals surface area (Å²) in [6.45, 7) is 5.85. The Hall–Kier alpha value is -0.370. The van der Waals surface area contributed by atoms with Gasteiger partial charge in [-0.15, -0.1) is 11.8 Å². The second-order valence-corrected chi connectivity index (χ2v) is 11.5. The quantitative estimate of drug-likeness (QED) is 0.106. The van der Waals surface area contributed by atoms with E-state index in [0.717, 1.165) is 54.6 Å². The number of thiocarbonyl (C=S) groups is 2. The SMILES string of the molecule is CCCCCCCCC(=S)C(=S)CCCCCCC(NN1CCOCC1)SCc1ccccc1. The number of thioether (sulfide) groups is 1. The molecule has 1 aliphatic rings. The number of hydrogen-bond acceptors (Lipinski definition) is 6. The van der Waals surface area contributed by atoms with Crippen LogP contribution in [0.4, 0.5) is 0 Å². The van der Waals surface area contributed by atoms with E-state index in [9.17, 15) is 0 Å². The number of nitrogens with zero attached hydrogens (tertiary/aromatic N) is 1. The molecule has 1 aromatic rings. The first-order valence-electron chi connectivity index (χ1n) is 13.5. The molecule has 0 radical (unpaired) electrons. The van der Waals surface area contributed by atoms with Gasteiger partial charge in [-0.25, -0.2) is 10.4 Å². The number of rotatable bonds is 20. The molecular weight excluding hydrogens is 477 g/mol. The summed E-state index contributed by atoms with van der Waals surface area (Å²) >= 11 is 13.2. The maximum atomic E-state index is 5.62. The summed E-state index contributed by atoms with van der Waals surface area (Å²) in [4.78, 5) is 2.10. The van der Waals surface area contributed by atoms with Crippen LogP contribution in [-0.2, 0) is 10.5 Å². The van der Waals surface area contributed by atoms with Gasteiger partial charge in [0.15, 0.2) is 0 Å². The van der Waals surface area contributed by atoms with Gasteiger partial charge in [0.05, 0.1) is 18.6 Å². The summed E-state index contributed by atoms with van der Waals surface area (Å²) in [5.74, 6) is 1.05. The molecule has 0 aliphatic carbocycles. The van der Waals surface area contributed by atoms with Gasteiger partial charge >= 0.3 is 0 Å². The molecule has 1 aliphatic heterocycles. The fraction of sp³-hybridized carbons (Fsp3) is 0.714. The molecule has 6 heteroatoms. The molecule has 192 valence electrons. The molecule has 0 spiro atoms. The van der Waals surface area contributed by atoms with E-state index < -0.39 is 0 Å². The van der Waals surface area contributed by atoms with Crippen LogP contribution in [0.1, 0.15) is 96.0 Å². The summed E-state index contributed by atoms with van der Waals surface area (Å²) < 4.78 is 5.51. The van der Waals surface area contributed by atoms with Crippen molar-refractivity contribution in [3.8, 4) is 0 Å². The van der Waals surface area contributed by atoms with Gasteiger partial charge in [0.1, 0.15) is 0 Å². The lowest BCUT2D eigenvalue weighted by molar-refractivity contribution is 0.00940. The highest BCUT2D eigenvalue weighted by atomic mass is 32.2. The Morgan fingerprint density at radius 2 is 1.47 bits per heavy atom. The zero-order valence-electron chi connectivity index (χ0n) is 21.3. The summed E-state index contributed by atoms with van der Waals surface area (Å²) in [5.41, 5.74) is 5.16. The van der Waals surface area contributed by atoms with Crippen LogP contribution in [0.3, 0.4) is 0 Å². The number of hydrazine groups is 1. The second kappa shape index (κ2) is 19.8. The summed E-state index contributed by atoms with van der Waals surface area (Å²) in [5, 5.41) is 2.79. The van der Waals surface area contributed by atoms with Gasteiger partial charge in [0.2, 0.25) is 0 Å². The number of benzene rings is 1. The molecular formula is C28H46N2OS3. The molecule has 1 atom stereocenters. The Bertz CT molecular complexity index is 665. The van der Waals surface area contributed by atoms with Crippen LogP contribution in [-0.4, -0.2) is 46.4 Å². The fourth-order valence-electron chi connectivity index (χ4n) is 4.17. The average Bonchev–Trinajstić information content (AvgIpc) is 2.87. The van der Waals surface area contributed by atoms with Crippen LogP contribution in [0.5, 0.6) is 0 Å². The van der Waals surface area contributed by atoms with Crippen molar-refractivity contribution in [2.45, 2.75) is 102 Å². The Morgan fingerprint density at radius 1 is 0.882 bits per heavy atom. The first-order valence-corrected chi connectivity index (χ1v) is 15.4. The van der Waals surface area contributed by atoms with E-state index >= 15 is 0 Å². The molecule has 0 amide bonds. The molecule has 3 nitrogen and oxygen atoms in total. The average molecular weight is 523 g/mol. The zero-order valence-corrected chi connectivity index (χ0v) is 23.7. The topological polar surface area (TPSA) is 24.5 Å². The molecule has 0 bridgehead atoms. The largest absolute Gasteiger partial charge is 0.379 e. The molecule has 2 rings (SSSR count). The van der Waals surface area contributed by atoms with E-state index in [1.165, 1.54) is 76.2 Å². The number of nitrogens with one attached hydrogen (secondary N) is 1. The van der Waals surface area contributed by atoms with Crippen LogP contribution < -0.4 is 5.43 Å². The molecule has 1 heterocycles. The fourth-order valence-corrected chi connectivity index (χ4v) is 5.80. The van der Waals surface area contributed by atoms with Crippen LogP contribution in [0, 0.1) is 0 Å². The van der Waals surface area contributed by atoms with E-state index in [2.05, 4.69) is 47.7 Å². The zero-order chi connectivity index (χ0) is 24.3. The monoisotopic (exact) mass is 522 g/mol. The minimum Gasteiger partial charge on any atom is -0.379 e. The number of hydrogen-bond donors (Lipinski definition) is 1. The lowest BCUT2D eigenvalue weighted by Crippen LogP contribution is -2.49. The lowest BCUT2D eigenvalue weighted by atomic mass is 10.0. The third-order valence-corrected chi connectivity index (χ3v) is 8.59. The van der Waals surface area contributed by atoms with E-state index in [1.54, 1.807) is 0 Å². The van der Waals surface area contributed by atoms with Crippen molar-refractivity contribution >= 4 is 45.9 Å². The summed E-state index contributed by atoms with van der Waals surface area (Å²) in [6, 6.07) is 10.8. The predicted octanol–water partition coefficient (Wildman–Crippen LogP) is 7.91. The van der Waals surface area contributed by atoms with Gasteiger partial charge in [0, 0.05) is 28.6 Å². The minimum absolute atomic E-state index is 0.448. The summed E-state index contributed by atoms with van der Waals surface area (Å²) in [7, 11) is 0. The van der Waals surface area contributed by atoms with E-state index in [4.69, 9.17) is 29.2 Å². The van der Waals surface area contributed by atoms with Crippen molar-refractivity contribution < 1.29 is 4.74 Å². The van der Waals surface area contributed by atoms with Crippen LogP contribution in [0.15, 0.2) is 30.3 Å². The van der Waals surface area contributed by atoms with Crippen molar-refractivity contribution in [2.75, 3.05) is 26.3 Å². The van der Waals surface area contributed by atoms with Crippen molar-refractivity contribution in [2.24, 2.45) is 0 Å². The van der Waals surface area contributed by atoms with Crippen LogP contribution in [0.25, 0.3) is 0 Å². The first kappa shape index (κ1) is 29.9. The van der Waals surface area contributed by atoms with Gasteiger partial charge in [-0.1, -0.05) is 113 Å². The molecule has 1 saturated heterocycles. The highest BCUT2D eigenvalue weighted by molar-refractivity contribution is 7.99. The number of unbranched alkanes of at least 4 members (excludes halogenated alkanes) is 8. The molecule has 1 aromatic carbocycles. The van der Waals surface area contributed by atoms with Crippen molar-refractivity contribution in [1.82, 2.24) is 10.4 Å². The van der Waals surface area contributed by atoms with Crippen LogP contribution >= 0.6 is 36.2 Å². The summed E-state index contributed by atoms with van der Waals surface area (Å²) in [6.07, 6.45) is 16.0. The maximum absolute atomic E-state index is 5.62. The van der Waals surface area contributed by atoms with Gasteiger partial charge in [-0.2, -0.15) is 0 Å². The highest BCUT2D eigenvalue weighted by Crippen LogP contribution is 2.22. The van der Waals surface area contributed by atoms with Gasteiger partial charge in [0.25, 0.3) is 0 Å². The Labute approximate surface area is 224 Å². The number of morpholine rings is 1. The Balaban J connectivity index is 1.58. The van der Waals surface area contributed by atoms with Crippen molar-refractivity contribution in [3.63, 3.8) is 0 Å². The Kier molecular flexibility index (Phi) is 17.4. The van der Waals surface area contributed by atoms with Crippen molar-refractivity contribution in [3.05, 3.63) is 35.9 Å². The van der Waals surface area contributed by atoms with Gasteiger partial charge in [-0.3, -0.25) is 0 Å². The number of ether oxygens (including phenoxy) is 1. The normalized spacial score (nSPS) is 15.3. The molecule has 0 aromatic heterocycles. The van der Waals surface area contributed by atoms with Crippen LogP contribution in [0.2, 0.25) is 0 Å². The lowest BCUT2D eigenvalue weighted by Gasteiger charge is -2.31. The van der Waals surface area contributed by atoms with Crippen molar-refractivity contribution in [1.29, 1.82) is 0 Å².